The van der Waals surface area contributed by atoms with Gasteiger partial charge in [-0.15, -0.1) is 0 Å². The SMILES string of the molecule is COc1ccc(OCCCn2ncc(OC)cc2=O)cc1. The number of hydrogen-bond donors (Lipinski definition) is 0. The van der Waals surface area contributed by atoms with Gasteiger partial charge >= 0.3 is 0 Å². The van der Waals surface area contributed by atoms with Crippen molar-refractivity contribution in [3.05, 3.63) is 46.9 Å². The van der Waals surface area contributed by atoms with Crippen molar-refractivity contribution in [3.8, 4) is 17.2 Å². The highest BCUT2D eigenvalue weighted by Gasteiger charge is 2.01. The zero-order chi connectivity index (χ0) is 15.1. The number of hydrogen-bond acceptors (Lipinski definition) is 5. The van der Waals surface area contributed by atoms with Crippen LogP contribution < -0.4 is 19.8 Å². The molecule has 6 heteroatoms. The molecule has 6 nitrogen and oxygen atoms in total. The topological polar surface area (TPSA) is 62.6 Å². The maximum atomic E-state index is 11.7. The van der Waals surface area contributed by atoms with Crippen LogP contribution in [0.5, 0.6) is 17.2 Å². The molecule has 0 atom stereocenters. The minimum atomic E-state index is -0.182. The predicted octanol–water partition coefficient (Wildman–Crippen LogP) is 1.73. The van der Waals surface area contributed by atoms with Gasteiger partial charge in [-0.25, -0.2) is 4.68 Å². The van der Waals surface area contributed by atoms with E-state index in [1.165, 1.54) is 24.1 Å². The van der Waals surface area contributed by atoms with E-state index in [4.69, 9.17) is 14.2 Å². The Balaban J connectivity index is 1.80. The number of benzene rings is 1. The van der Waals surface area contributed by atoms with Gasteiger partial charge in [-0.3, -0.25) is 4.79 Å². The number of nitrogens with zero attached hydrogens (tertiary/aromatic N) is 2. The van der Waals surface area contributed by atoms with Crippen LogP contribution in [0.2, 0.25) is 0 Å². The lowest BCUT2D eigenvalue weighted by Crippen LogP contribution is -2.22. The van der Waals surface area contributed by atoms with Gasteiger partial charge in [0.25, 0.3) is 5.56 Å². The summed E-state index contributed by atoms with van der Waals surface area (Å²) in [6.45, 7) is 1.01. The average molecular weight is 290 g/mol. The van der Waals surface area contributed by atoms with Gasteiger partial charge in [0.2, 0.25) is 0 Å². The highest BCUT2D eigenvalue weighted by molar-refractivity contribution is 5.31. The smallest absolute Gasteiger partial charge is 0.270 e. The molecule has 0 amide bonds. The van der Waals surface area contributed by atoms with Crippen LogP contribution in [-0.4, -0.2) is 30.6 Å². The molecule has 2 aromatic rings. The second-order valence-electron chi connectivity index (χ2n) is 4.33. The average Bonchev–Trinajstić information content (AvgIpc) is 2.53. The van der Waals surface area contributed by atoms with Crippen molar-refractivity contribution in [2.45, 2.75) is 13.0 Å². The maximum absolute atomic E-state index is 11.7. The van der Waals surface area contributed by atoms with Crippen molar-refractivity contribution < 1.29 is 14.2 Å². The lowest BCUT2D eigenvalue weighted by Gasteiger charge is -2.08. The molecule has 0 saturated heterocycles. The van der Waals surface area contributed by atoms with Crippen LogP contribution in [0.1, 0.15) is 6.42 Å². The van der Waals surface area contributed by atoms with E-state index in [2.05, 4.69) is 5.10 Å². The van der Waals surface area contributed by atoms with Crippen LogP contribution in [0.4, 0.5) is 0 Å². The monoisotopic (exact) mass is 290 g/mol. The molecule has 0 unspecified atom stereocenters. The van der Waals surface area contributed by atoms with Crippen LogP contribution in [0, 0.1) is 0 Å². The molecule has 1 aromatic heterocycles. The van der Waals surface area contributed by atoms with E-state index in [9.17, 15) is 4.79 Å². The molecule has 0 fully saturated rings. The van der Waals surface area contributed by atoms with Gasteiger partial charge in [0.1, 0.15) is 17.2 Å². The Morgan fingerprint density at radius 3 is 2.33 bits per heavy atom. The molecule has 0 aliphatic rings. The molecule has 0 radical (unpaired) electrons. The molecule has 112 valence electrons. The Morgan fingerprint density at radius 1 is 1.05 bits per heavy atom. The molecule has 2 rings (SSSR count). The second-order valence-corrected chi connectivity index (χ2v) is 4.33. The van der Waals surface area contributed by atoms with Crippen molar-refractivity contribution in [2.24, 2.45) is 0 Å². The van der Waals surface area contributed by atoms with Crippen molar-refractivity contribution in [1.82, 2.24) is 9.78 Å². The number of methoxy groups -OCH3 is 2. The molecule has 1 aromatic carbocycles. The van der Waals surface area contributed by atoms with E-state index in [1.807, 2.05) is 24.3 Å². The quantitative estimate of drug-likeness (QED) is 0.727. The summed E-state index contributed by atoms with van der Waals surface area (Å²) < 4.78 is 17.0. The van der Waals surface area contributed by atoms with Gasteiger partial charge in [0, 0.05) is 19.0 Å². The first-order chi connectivity index (χ1) is 10.2. The third-order valence-corrected chi connectivity index (χ3v) is 2.92. The Kier molecular flexibility index (Phi) is 5.20. The number of rotatable bonds is 7. The summed E-state index contributed by atoms with van der Waals surface area (Å²) >= 11 is 0. The van der Waals surface area contributed by atoms with Crippen LogP contribution in [0.3, 0.4) is 0 Å². The summed E-state index contributed by atoms with van der Waals surface area (Å²) in [6, 6.07) is 8.78. The summed E-state index contributed by atoms with van der Waals surface area (Å²) in [4.78, 5) is 11.7. The first-order valence-corrected chi connectivity index (χ1v) is 6.61. The summed E-state index contributed by atoms with van der Waals surface area (Å²) in [6.07, 6.45) is 2.21. The second kappa shape index (κ2) is 7.33. The minimum Gasteiger partial charge on any atom is -0.497 e. The van der Waals surface area contributed by atoms with E-state index in [0.717, 1.165) is 11.5 Å². The Morgan fingerprint density at radius 2 is 1.71 bits per heavy atom. The standard InChI is InChI=1S/C15H18N2O4/c1-19-12-4-6-13(7-5-12)21-9-3-8-17-15(18)10-14(20-2)11-16-17/h4-7,10-11H,3,8-9H2,1-2H3. The van der Waals surface area contributed by atoms with E-state index in [1.54, 1.807) is 7.11 Å². The Bertz CT molecular complexity index is 622. The normalized spacial score (nSPS) is 10.2. The fraction of sp³-hybridized carbons (Fsp3) is 0.333. The highest BCUT2D eigenvalue weighted by Crippen LogP contribution is 2.17. The Hall–Kier alpha value is -2.50. The van der Waals surface area contributed by atoms with Crippen LogP contribution in [0.15, 0.2) is 41.3 Å². The van der Waals surface area contributed by atoms with Crippen LogP contribution in [-0.2, 0) is 6.54 Å². The lowest BCUT2D eigenvalue weighted by atomic mass is 10.3. The number of aryl methyl sites for hydroxylation is 1. The molecular formula is C15H18N2O4. The fourth-order valence-electron chi connectivity index (χ4n) is 1.77. The zero-order valence-electron chi connectivity index (χ0n) is 12.1. The fourth-order valence-corrected chi connectivity index (χ4v) is 1.77. The molecule has 1 heterocycles. The molecule has 21 heavy (non-hydrogen) atoms. The molecule has 0 aliphatic carbocycles. The predicted molar refractivity (Wildman–Crippen MR) is 78.2 cm³/mol. The zero-order valence-corrected chi connectivity index (χ0v) is 12.1. The summed E-state index contributed by atoms with van der Waals surface area (Å²) in [7, 11) is 3.12. The first-order valence-electron chi connectivity index (χ1n) is 6.61. The van der Waals surface area contributed by atoms with E-state index >= 15 is 0 Å². The molecular weight excluding hydrogens is 272 g/mol. The first kappa shape index (κ1) is 14.9. The van der Waals surface area contributed by atoms with E-state index < -0.39 is 0 Å². The number of aromatic nitrogens is 2. The van der Waals surface area contributed by atoms with Gasteiger partial charge < -0.3 is 14.2 Å². The molecule has 0 aliphatic heterocycles. The summed E-state index contributed by atoms with van der Waals surface area (Å²) in [5, 5.41) is 4.02. The molecule has 0 saturated carbocycles. The van der Waals surface area contributed by atoms with Gasteiger partial charge in [-0.2, -0.15) is 5.10 Å². The third-order valence-electron chi connectivity index (χ3n) is 2.92. The van der Waals surface area contributed by atoms with E-state index in [0.29, 0.717) is 25.3 Å². The Labute approximate surface area is 122 Å². The van der Waals surface area contributed by atoms with Gasteiger partial charge in [-0.1, -0.05) is 0 Å². The molecule has 0 bridgehead atoms. The summed E-state index contributed by atoms with van der Waals surface area (Å²) in [5.41, 5.74) is -0.182. The minimum absolute atomic E-state index is 0.182. The maximum Gasteiger partial charge on any atom is 0.270 e. The lowest BCUT2D eigenvalue weighted by molar-refractivity contribution is 0.296. The van der Waals surface area contributed by atoms with Gasteiger partial charge in [-0.05, 0) is 24.3 Å². The third kappa shape index (κ3) is 4.24. The highest BCUT2D eigenvalue weighted by atomic mass is 16.5. The van der Waals surface area contributed by atoms with Gasteiger partial charge in [0.15, 0.2) is 0 Å². The summed E-state index contributed by atoms with van der Waals surface area (Å²) in [5.74, 6) is 2.02. The van der Waals surface area contributed by atoms with Crippen LogP contribution >= 0.6 is 0 Å². The number of ether oxygens (including phenoxy) is 3. The largest absolute Gasteiger partial charge is 0.497 e. The van der Waals surface area contributed by atoms with Crippen molar-refractivity contribution in [3.63, 3.8) is 0 Å². The van der Waals surface area contributed by atoms with Crippen LogP contribution in [0.25, 0.3) is 0 Å². The molecule has 0 N–H and O–H groups in total. The molecule has 0 spiro atoms. The van der Waals surface area contributed by atoms with Crippen molar-refractivity contribution in [2.75, 3.05) is 20.8 Å². The van der Waals surface area contributed by atoms with Gasteiger partial charge in [0.05, 0.1) is 27.0 Å². The van der Waals surface area contributed by atoms with Crippen molar-refractivity contribution in [1.29, 1.82) is 0 Å². The van der Waals surface area contributed by atoms with Crippen molar-refractivity contribution >= 4 is 0 Å². The van der Waals surface area contributed by atoms with E-state index in [-0.39, 0.29) is 5.56 Å².